The number of imidazole rings is 1. The maximum Gasteiger partial charge on any atom is 0.201 e. The first-order valence-corrected chi connectivity index (χ1v) is 6.58. The molecule has 2 N–H and O–H groups in total. The minimum absolute atomic E-state index is 0.202. The Bertz CT molecular complexity index is 626. The van der Waals surface area contributed by atoms with Gasteiger partial charge in [-0.1, -0.05) is 45.4 Å². The van der Waals surface area contributed by atoms with Gasteiger partial charge in [0.05, 0.1) is 16.1 Å². The van der Waals surface area contributed by atoms with Gasteiger partial charge in [-0.25, -0.2) is 4.98 Å². The Hall–Kier alpha value is -1.22. The lowest BCUT2D eigenvalue weighted by molar-refractivity contribution is 0.457. The number of para-hydroxylation sites is 1. The van der Waals surface area contributed by atoms with E-state index < -0.39 is 0 Å². The molecule has 4 heteroatoms. The van der Waals surface area contributed by atoms with Crippen LogP contribution in [0.1, 0.15) is 33.7 Å². The average Bonchev–Trinajstić information content (AvgIpc) is 2.54. The van der Waals surface area contributed by atoms with Crippen molar-refractivity contribution in [2.75, 3.05) is 5.73 Å². The van der Waals surface area contributed by atoms with Gasteiger partial charge in [0.1, 0.15) is 0 Å². The highest BCUT2D eigenvalue weighted by Crippen LogP contribution is 2.72. The van der Waals surface area contributed by atoms with E-state index in [1.165, 1.54) is 0 Å². The van der Waals surface area contributed by atoms with Crippen LogP contribution in [-0.2, 0) is 0 Å². The molecular formula is C14H18ClN3. The Morgan fingerprint density at radius 3 is 2.39 bits per heavy atom. The number of nitrogens with two attached hydrogens (primary N) is 1. The summed E-state index contributed by atoms with van der Waals surface area (Å²) < 4.78 is 2.11. The van der Waals surface area contributed by atoms with Gasteiger partial charge in [-0.3, -0.25) is 0 Å². The molecule has 0 aliphatic heterocycles. The Morgan fingerprint density at radius 1 is 1.22 bits per heavy atom. The summed E-state index contributed by atoms with van der Waals surface area (Å²) in [5.74, 6) is 0.557. The highest BCUT2D eigenvalue weighted by atomic mass is 35.5. The van der Waals surface area contributed by atoms with E-state index in [1.807, 2.05) is 18.2 Å². The van der Waals surface area contributed by atoms with Crippen LogP contribution in [0.2, 0.25) is 5.02 Å². The monoisotopic (exact) mass is 263 g/mol. The Kier molecular flexibility index (Phi) is 2.11. The molecule has 0 saturated heterocycles. The number of nitrogen functional groups attached to an aromatic ring is 1. The van der Waals surface area contributed by atoms with E-state index >= 15 is 0 Å². The predicted molar refractivity (Wildman–Crippen MR) is 75.8 cm³/mol. The maximum atomic E-state index is 6.32. The molecule has 96 valence electrons. The predicted octanol–water partition coefficient (Wildman–Crippen LogP) is 3.88. The second-order valence-electron chi connectivity index (χ2n) is 6.29. The molecule has 0 unspecified atom stereocenters. The van der Waals surface area contributed by atoms with E-state index in [1.54, 1.807) is 0 Å². The number of benzene rings is 1. The van der Waals surface area contributed by atoms with Gasteiger partial charge in [-0.2, -0.15) is 0 Å². The van der Waals surface area contributed by atoms with E-state index in [4.69, 9.17) is 17.3 Å². The zero-order valence-corrected chi connectivity index (χ0v) is 11.9. The fraction of sp³-hybridized carbons (Fsp3) is 0.500. The van der Waals surface area contributed by atoms with Gasteiger partial charge in [0.25, 0.3) is 0 Å². The molecule has 0 amide bonds. The molecule has 3 nitrogen and oxygen atoms in total. The third-order valence-electron chi connectivity index (χ3n) is 4.89. The lowest BCUT2D eigenvalue weighted by Gasteiger charge is -2.09. The number of anilines is 1. The number of hydrogen-bond acceptors (Lipinski definition) is 2. The number of rotatable bonds is 1. The van der Waals surface area contributed by atoms with E-state index in [0.717, 1.165) is 16.1 Å². The molecule has 1 saturated carbocycles. The average molecular weight is 264 g/mol. The normalized spacial score (nSPS) is 21.4. The summed E-state index contributed by atoms with van der Waals surface area (Å²) in [6, 6.07) is 6.10. The SMILES string of the molecule is CC1(C)C(n2c(N)nc3cccc(Cl)c32)C1(C)C. The minimum Gasteiger partial charge on any atom is -0.369 e. The Balaban J connectivity index is 2.29. The Morgan fingerprint density at radius 2 is 1.83 bits per heavy atom. The summed E-state index contributed by atoms with van der Waals surface area (Å²) in [6.07, 6.45) is 0. The molecule has 18 heavy (non-hydrogen) atoms. The van der Waals surface area contributed by atoms with E-state index in [9.17, 15) is 0 Å². The molecule has 1 aromatic heterocycles. The first-order chi connectivity index (χ1) is 8.28. The molecule has 0 atom stereocenters. The molecule has 0 radical (unpaired) electrons. The highest BCUT2D eigenvalue weighted by Gasteiger charge is 2.66. The molecule has 3 rings (SSSR count). The van der Waals surface area contributed by atoms with E-state index in [-0.39, 0.29) is 10.8 Å². The fourth-order valence-corrected chi connectivity index (χ4v) is 3.45. The highest BCUT2D eigenvalue weighted by molar-refractivity contribution is 6.35. The summed E-state index contributed by atoms with van der Waals surface area (Å²) in [5.41, 5.74) is 8.34. The van der Waals surface area contributed by atoms with Gasteiger partial charge >= 0.3 is 0 Å². The van der Waals surface area contributed by atoms with Crippen LogP contribution in [0.4, 0.5) is 5.95 Å². The topological polar surface area (TPSA) is 43.8 Å². The zero-order valence-electron chi connectivity index (χ0n) is 11.2. The van der Waals surface area contributed by atoms with Crippen LogP contribution in [-0.4, -0.2) is 9.55 Å². The summed E-state index contributed by atoms with van der Waals surface area (Å²) in [7, 11) is 0. The van der Waals surface area contributed by atoms with Gasteiger partial charge in [0, 0.05) is 6.04 Å². The van der Waals surface area contributed by atoms with Gasteiger partial charge in [0.15, 0.2) is 0 Å². The molecule has 1 aliphatic carbocycles. The number of halogens is 1. The number of hydrogen-bond donors (Lipinski definition) is 1. The zero-order chi connectivity index (χ0) is 13.3. The van der Waals surface area contributed by atoms with Crippen molar-refractivity contribution in [2.24, 2.45) is 10.8 Å². The molecule has 0 spiro atoms. The van der Waals surface area contributed by atoms with Crippen LogP contribution in [0.25, 0.3) is 11.0 Å². The standard InChI is InChI=1S/C14H18ClN3/c1-13(2)11(14(13,3)4)18-10-8(15)6-5-7-9(10)17-12(18)16/h5-7,11H,1-4H3,(H2,16,17). The first-order valence-electron chi connectivity index (χ1n) is 6.20. The van der Waals surface area contributed by atoms with E-state index in [2.05, 4.69) is 37.2 Å². The van der Waals surface area contributed by atoms with Crippen LogP contribution in [0.3, 0.4) is 0 Å². The summed E-state index contributed by atoms with van der Waals surface area (Å²) in [6.45, 7) is 9.05. The molecule has 2 aromatic rings. The smallest absolute Gasteiger partial charge is 0.201 e. The van der Waals surface area contributed by atoms with E-state index in [0.29, 0.717) is 12.0 Å². The van der Waals surface area contributed by atoms with Crippen molar-refractivity contribution in [3.8, 4) is 0 Å². The quantitative estimate of drug-likeness (QED) is 0.849. The molecule has 1 aromatic carbocycles. The lowest BCUT2D eigenvalue weighted by Crippen LogP contribution is -2.05. The second-order valence-corrected chi connectivity index (χ2v) is 6.70. The van der Waals surface area contributed by atoms with Crippen molar-refractivity contribution in [2.45, 2.75) is 33.7 Å². The third kappa shape index (κ3) is 1.23. The van der Waals surface area contributed by atoms with Gasteiger partial charge in [-0.15, -0.1) is 0 Å². The van der Waals surface area contributed by atoms with Crippen molar-refractivity contribution in [3.05, 3.63) is 23.2 Å². The Labute approximate surface area is 112 Å². The van der Waals surface area contributed by atoms with Gasteiger partial charge in [-0.05, 0) is 23.0 Å². The summed E-state index contributed by atoms with van der Waals surface area (Å²) >= 11 is 6.32. The summed E-state index contributed by atoms with van der Waals surface area (Å²) in [4.78, 5) is 4.42. The van der Waals surface area contributed by atoms with Gasteiger partial charge in [0.2, 0.25) is 5.95 Å². The van der Waals surface area contributed by atoms with Crippen LogP contribution in [0.5, 0.6) is 0 Å². The van der Waals surface area contributed by atoms with Crippen LogP contribution < -0.4 is 5.73 Å². The van der Waals surface area contributed by atoms with Crippen molar-refractivity contribution < 1.29 is 0 Å². The lowest BCUT2D eigenvalue weighted by atomic mass is 10.0. The van der Waals surface area contributed by atoms with Crippen LogP contribution in [0.15, 0.2) is 18.2 Å². The molecular weight excluding hydrogens is 246 g/mol. The summed E-state index contributed by atoms with van der Waals surface area (Å²) in [5, 5.41) is 0.718. The van der Waals surface area contributed by atoms with Gasteiger partial charge < -0.3 is 10.3 Å². The fourth-order valence-electron chi connectivity index (χ4n) is 3.19. The maximum absolute atomic E-state index is 6.32. The van der Waals surface area contributed by atoms with Crippen molar-refractivity contribution in [3.63, 3.8) is 0 Å². The van der Waals surface area contributed by atoms with Crippen molar-refractivity contribution >= 4 is 28.6 Å². The third-order valence-corrected chi connectivity index (χ3v) is 5.20. The van der Waals surface area contributed by atoms with Crippen molar-refractivity contribution in [1.29, 1.82) is 0 Å². The first kappa shape index (κ1) is 11.8. The molecule has 1 heterocycles. The minimum atomic E-state index is 0.202. The van der Waals surface area contributed by atoms with Crippen molar-refractivity contribution in [1.82, 2.24) is 9.55 Å². The van der Waals surface area contributed by atoms with Crippen LogP contribution in [0, 0.1) is 10.8 Å². The second kappa shape index (κ2) is 3.21. The molecule has 0 bridgehead atoms. The molecule has 1 fully saturated rings. The number of nitrogens with zero attached hydrogens (tertiary/aromatic N) is 2. The number of fused-ring (bicyclic) bond motifs is 1. The van der Waals surface area contributed by atoms with Crippen LogP contribution >= 0.6 is 11.6 Å². The molecule has 1 aliphatic rings. The largest absolute Gasteiger partial charge is 0.369 e. The number of aromatic nitrogens is 2.